The summed E-state index contributed by atoms with van der Waals surface area (Å²) in [7, 11) is 0. The Labute approximate surface area is 73.0 Å². The molecule has 0 atom stereocenters. The maximum atomic E-state index is 10.2. The Bertz CT molecular complexity index is 152. The van der Waals surface area contributed by atoms with Crippen molar-refractivity contribution >= 4 is 5.97 Å². The van der Waals surface area contributed by atoms with Gasteiger partial charge in [0.2, 0.25) is 0 Å². The van der Waals surface area contributed by atoms with Crippen LogP contribution in [-0.4, -0.2) is 19.2 Å². The lowest BCUT2D eigenvalue weighted by molar-refractivity contribution is -0.299. The Morgan fingerprint density at radius 3 is 2.67 bits per heavy atom. The predicted octanol–water partition coefficient (Wildman–Crippen LogP) is 0.499. The van der Waals surface area contributed by atoms with E-state index in [9.17, 15) is 9.90 Å². The molecule has 0 spiro atoms. The summed E-state index contributed by atoms with van der Waals surface area (Å²) in [5.74, 6) is -1.19. The van der Waals surface area contributed by atoms with Crippen molar-refractivity contribution in [3.63, 3.8) is 0 Å². The minimum Gasteiger partial charge on any atom is -0.545 e. The molecule has 3 nitrogen and oxygen atoms in total. The van der Waals surface area contributed by atoms with Crippen molar-refractivity contribution in [1.82, 2.24) is 0 Å². The minimum atomic E-state index is -1.19. The lowest BCUT2D eigenvalue weighted by atomic mass is 10.2. The van der Waals surface area contributed by atoms with Crippen LogP contribution in [0.2, 0.25) is 0 Å². The van der Waals surface area contributed by atoms with E-state index in [2.05, 4.69) is 13.5 Å². The summed E-state index contributed by atoms with van der Waals surface area (Å²) < 4.78 is 5.14. The molecule has 0 aromatic rings. The first kappa shape index (κ1) is 11.2. The van der Waals surface area contributed by atoms with Crippen molar-refractivity contribution in [1.29, 1.82) is 0 Å². The van der Waals surface area contributed by atoms with Crippen LogP contribution in [0, 0.1) is 0 Å². The third kappa shape index (κ3) is 5.92. The van der Waals surface area contributed by atoms with E-state index in [0.29, 0.717) is 19.6 Å². The van der Waals surface area contributed by atoms with Crippen LogP contribution in [0.15, 0.2) is 12.2 Å². The van der Waals surface area contributed by atoms with Gasteiger partial charge in [-0.3, -0.25) is 0 Å². The van der Waals surface area contributed by atoms with Crippen LogP contribution in [0.25, 0.3) is 0 Å². The van der Waals surface area contributed by atoms with Gasteiger partial charge in [-0.25, -0.2) is 0 Å². The van der Waals surface area contributed by atoms with E-state index >= 15 is 0 Å². The van der Waals surface area contributed by atoms with Gasteiger partial charge in [-0.05, 0) is 18.4 Å². The van der Waals surface area contributed by atoms with Crippen LogP contribution in [-0.2, 0) is 9.53 Å². The monoisotopic (exact) mass is 171 g/mol. The second-order valence-corrected chi connectivity index (χ2v) is 2.61. The lowest BCUT2D eigenvalue weighted by Gasteiger charge is -2.06. The van der Waals surface area contributed by atoms with E-state index in [1.807, 2.05) is 0 Å². The molecule has 0 aliphatic carbocycles. The summed E-state index contributed by atoms with van der Waals surface area (Å²) in [6, 6.07) is 0. The van der Waals surface area contributed by atoms with Gasteiger partial charge in [-0.15, -0.1) is 0 Å². The van der Waals surface area contributed by atoms with E-state index < -0.39 is 5.97 Å². The molecular formula is C9H15O3-. The molecule has 0 amide bonds. The number of ether oxygens (including phenoxy) is 1. The molecule has 0 saturated heterocycles. The normalized spacial score (nSPS) is 9.75. The van der Waals surface area contributed by atoms with Gasteiger partial charge in [-0.1, -0.05) is 19.9 Å². The maximum absolute atomic E-state index is 10.2. The maximum Gasteiger partial charge on any atom is 0.0669 e. The third-order valence-corrected chi connectivity index (χ3v) is 1.48. The van der Waals surface area contributed by atoms with Gasteiger partial charge in [0, 0.05) is 6.61 Å². The van der Waals surface area contributed by atoms with Crippen molar-refractivity contribution in [3.8, 4) is 0 Å². The molecule has 0 radical (unpaired) electrons. The topological polar surface area (TPSA) is 49.4 Å². The number of carbonyl (C=O) groups excluding carboxylic acids is 1. The highest BCUT2D eigenvalue weighted by molar-refractivity contribution is 5.83. The first-order chi connectivity index (χ1) is 5.68. The quantitative estimate of drug-likeness (QED) is 0.414. The van der Waals surface area contributed by atoms with E-state index in [4.69, 9.17) is 4.74 Å². The van der Waals surface area contributed by atoms with E-state index in [0.717, 1.165) is 12.8 Å². The first-order valence-electron chi connectivity index (χ1n) is 4.15. The number of aliphatic carboxylic acids is 1. The zero-order valence-electron chi connectivity index (χ0n) is 7.47. The Hall–Kier alpha value is -0.830. The molecule has 12 heavy (non-hydrogen) atoms. The highest BCUT2D eigenvalue weighted by atomic mass is 16.5. The number of carboxylic acid groups (broad SMARTS) is 1. The molecule has 0 fully saturated rings. The van der Waals surface area contributed by atoms with E-state index in [1.165, 1.54) is 0 Å². The number of hydrogen-bond donors (Lipinski definition) is 0. The number of unbranched alkanes of at least 4 members (excludes halogenated alkanes) is 1. The van der Waals surface area contributed by atoms with Gasteiger partial charge in [0.05, 0.1) is 12.6 Å². The molecular weight excluding hydrogens is 156 g/mol. The molecule has 0 aliphatic rings. The standard InChI is InChI=1S/C9H16O3/c1-3-4-6-12-7-5-8(2)9(10)11/h2-7H2,1H3,(H,10,11)/p-1. The average molecular weight is 171 g/mol. The number of rotatable bonds is 7. The lowest BCUT2D eigenvalue weighted by Crippen LogP contribution is -2.24. The third-order valence-electron chi connectivity index (χ3n) is 1.48. The van der Waals surface area contributed by atoms with Gasteiger partial charge < -0.3 is 14.6 Å². The van der Waals surface area contributed by atoms with Crippen molar-refractivity contribution in [2.75, 3.05) is 13.2 Å². The van der Waals surface area contributed by atoms with E-state index in [-0.39, 0.29) is 5.57 Å². The number of carbonyl (C=O) groups is 1. The summed E-state index contributed by atoms with van der Waals surface area (Å²) >= 11 is 0. The second-order valence-electron chi connectivity index (χ2n) is 2.61. The molecule has 0 aromatic heterocycles. The van der Waals surface area contributed by atoms with Crippen LogP contribution in [0.1, 0.15) is 26.2 Å². The molecule has 3 heteroatoms. The van der Waals surface area contributed by atoms with Crippen LogP contribution in [0.3, 0.4) is 0 Å². The fraction of sp³-hybridized carbons (Fsp3) is 0.667. The van der Waals surface area contributed by atoms with Gasteiger partial charge in [0.15, 0.2) is 0 Å². The molecule has 0 aromatic carbocycles. The van der Waals surface area contributed by atoms with Crippen molar-refractivity contribution in [3.05, 3.63) is 12.2 Å². The van der Waals surface area contributed by atoms with Gasteiger partial charge >= 0.3 is 0 Å². The van der Waals surface area contributed by atoms with Crippen LogP contribution in [0.5, 0.6) is 0 Å². The Morgan fingerprint density at radius 1 is 1.50 bits per heavy atom. The molecule has 0 N–H and O–H groups in total. The number of carboxylic acids is 1. The zero-order chi connectivity index (χ0) is 9.40. The summed E-state index contributed by atoms with van der Waals surface area (Å²) in [4.78, 5) is 10.2. The smallest absolute Gasteiger partial charge is 0.0669 e. The molecule has 0 unspecified atom stereocenters. The first-order valence-corrected chi connectivity index (χ1v) is 4.15. The Kier molecular flexibility index (Phi) is 6.38. The zero-order valence-corrected chi connectivity index (χ0v) is 7.47. The highest BCUT2D eigenvalue weighted by Crippen LogP contribution is 1.97. The van der Waals surface area contributed by atoms with Gasteiger partial charge in [-0.2, -0.15) is 0 Å². The van der Waals surface area contributed by atoms with Crippen molar-refractivity contribution in [2.24, 2.45) is 0 Å². The number of hydrogen-bond acceptors (Lipinski definition) is 3. The van der Waals surface area contributed by atoms with Crippen LogP contribution in [0.4, 0.5) is 0 Å². The van der Waals surface area contributed by atoms with Gasteiger partial charge in [0.1, 0.15) is 0 Å². The van der Waals surface area contributed by atoms with Crippen molar-refractivity contribution < 1.29 is 14.6 Å². The molecule has 0 saturated carbocycles. The predicted molar refractivity (Wildman–Crippen MR) is 44.5 cm³/mol. The largest absolute Gasteiger partial charge is 0.545 e. The van der Waals surface area contributed by atoms with Crippen LogP contribution < -0.4 is 5.11 Å². The molecule has 0 aliphatic heterocycles. The Balaban J connectivity index is 3.20. The summed E-state index contributed by atoms with van der Waals surface area (Å²) in [5, 5.41) is 10.2. The minimum absolute atomic E-state index is 0.103. The fourth-order valence-electron chi connectivity index (χ4n) is 0.646. The van der Waals surface area contributed by atoms with Crippen LogP contribution >= 0.6 is 0 Å². The fourth-order valence-corrected chi connectivity index (χ4v) is 0.646. The Morgan fingerprint density at radius 2 is 2.17 bits per heavy atom. The average Bonchev–Trinajstić information content (AvgIpc) is 2.03. The molecule has 0 rings (SSSR count). The van der Waals surface area contributed by atoms with Gasteiger partial charge in [0.25, 0.3) is 0 Å². The second kappa shape index (κ2) is 6.85. The SMILES string of the molecule is C=C(CCOCCCC)C(=O)[O-]. The van der Waals surface area contributed by atoms with E-state index in [1.54, 1.807) is 0 Å². The summed E-state index contributed by atoms with van der Waals surface area (Å²) in [6.07, 6.45) is 2.45. The summed E-state index contributed by atoms with van der Waals surface area (Å²) in [6.45, 7) is 6.52. The molecule has 0 bridgehead atoms. The highest BCUT2D eigenvalue weighted by Gasteiger charge is 1.94. The summed E-state index contributed by atoms with van der Waals surface area (Å²) in [5.41, 5.74) is 0.103. The molecule has 70 valence electrons. The molecule has 0 heterocycles. The van der Waals surface area contributed by atoms with Crippen molar-refractivity contribution in [2.45, 2.75) is 26.2 Å².